The lowest BCUT2D eigenvalue weighted by atomic mass is 10.2. The minimum atomic E-state index is -0.534. The van der Waals surface area contributed by atoms with Crippen LogP contribution in [0.15, 0.2) is 52.5 Å². The summed E-state index contributed by atoms with van der Waals surface area (Å²) in [5.74, 6) is 0.197. The van der Waals surface area contributed by atoms with Crippen molar-refractivity contribution in [3.05, 3.63) is 64.1 Å². The average Bonchev–Trinajstić information content (AvgIpc) is 2.54. The minimum Gasteiger partial charge on any atom is -0.491 e. The van der Waals surface area contributed by atoms with E-state index in [1.54, 1.807) is 12.3 Å². The summed E-state index contributed by atoms with van der Waals surface area (Å²) < 4.78 is 7.06. The molecule has 0 atom stereocenters. The van der Waals surface area contributed by atoms with Crippen LogP contribution in [-0.2, 0) is 6.54 Å². The number of aromatic nitrogens is 1. The van der Waals surface area contributed by atoms with E-state index in [1.807, 2.05) is 45.0 Å². The Bertz CT molecular complexity index is 794. The van der Waals surface area contributed by atoms with Gasteiger partial charge in [-0.05, 0) is 50.6 Å². The smallest absolute Gasteiger partial charge is 0.276 e. The largest absolute Gasteiger partial charge is 0.491 e. The van der Waals surface area contributed by atoms with Gasteiger partial charge in [0.2, 0.25) is 0 Å². The Labute approximate surface area is 140 Å². The number of aryl methyl sites for hydroxylation is 1. The molecule has 2 rings (SSSR count). The van der Waals surface area contributed by atoms with Crippen molar-refractivity contribution in [1.82, 2.24) is 9.99 Å². The van der Waals surface area contributed by atoms with Gasteiger partial charge in [-0.25, -0.2) is 5.43 Å². The van der Waals surface area contributed by atoms with Gasteiger partial charge in [0.15, 0.2) is 0 Å². The molecule has 0 aliphatic rings. The van der Waals surface area contributed by atoms with Gasteiger partial charge in [-0.3, -0.25) is 9.59 Å². The van der Waals surface area contributed by atoms with E-state index in [0.717, 1.165) is 11.3 Å². The zero-order chi connectivity index (χ0) is 17.5. The van der Waals surface area contributed by atoms with Gasteiger partial charge in [-0.2, -0.15) is 5.10 Å². The van der Waals surface area contributed by atoms with Crippen LogP contribution in [-0.4, -0.2) is 22.8 Å². The molecule has 0 saturated heterocycles. The first-order valence-electron chi connectivity index (χ1n) is 7.81. The molecule has 6 heteroatoms. The van der Waals surface area contributed by atoms with E-state index >= 15 is 0 Å². The summed E-state index contributed by atoms with van der Waals surface area (Å²) >= 11 is 0. The summed E-state index contributed by atoms with van der Waals surface area (Å²) in [6, 6.07) is 10.5. The number of benzene rings is 1. The zero-order valence-electron chi connectivity index (χ0n) is 14.0. The Kier molecular flexibility index (Phi) is 5.89. The molecular weight excluding hydrogens is 306 g/mol. The molecule has 2 aromatic rings. The lowest BCUT2D eigenvalue weighted by Gasteiger charge is -2.09. The van der Waals surface area contributed by atoms with Crippen LogP contribution in [0.2, 0.25) is 0 Å². The molecule has 1 aromatic carbocycles. The van der Waals surface area contributed by atoms with Crippen molar-refractivity contribution in [2.75, 3.05) is 0 Å². The molecule has 0 aliphatic heterocycles. The van der Waals surface area contributed by atoms with Crippen molar-refractivity contribution in [2.45, 2.75) is 33.4 Å². The highest BCUT2D eigenvalue weighted by Crippen LogP contribution is 2.13. The number of ether oxygens (including phenoxy) is 1. The van der Waals surface area contributed by atoms with E-state index in [0.29, 0.717) is 6.54 Å². The van der Waals surface area contributed by atoms with Gasteiger partial charge in [0, 0.05) is 12.7 Å². The van der Waals surface area contributed by atoms with Crippen molar-refractivity contribution in [3.8, 4) is 5.75 Å². The predicted octanol–water partition coefficient (Wildman–Crippen LogP) is 2.42. The predicted molar refractivity (Wildman–Crippen MR) is 93.6 cm³/mol. The van der Waals surface area contributed by atoms with Crippen molar-refractivity contribution in [3.63, 3.8) is 0 Å². The van der Waals surface area contributed by atoms with Gasteiger partial charge in [-0.15, -0.1) is 0 Å². The molecule has 1 aromatic heterocycles. The third-order valence-corrected chi connectivity index (χ3v) is 3.22. The maximum atomic E-state index is 12.1. The van der Waals surface area contributed by atoms with Gasteiger partial charge >= 0.3 is 0 Å². The van der Waals surface area contributed by atoms with Crippen LogP contribution < -0.4 is 15.7 Å². The third kappa shape index (κ3) is 4.55. The van der Waals surface area contributed by atoms with Crippen LogP contribution in [0.25, 0.3) is 0 Å². The Morgan fingerprint density at radius 2 is 2.12 bits per heavy atom. The average molecular weight is 327 g/mol. The number of nitrogens with one attached hydrogen (secondary N) is 1. The third-order valence-electron chi connectivity index (χ3n) is 3.22. The summed E-state index contributed by atoms with van der Waals surface area (Å²) in [6.07, 6.45) is 3.23. The van der Waals surface area contributed by atoms with Crippen LogP contribution in [0.5, 0.6) is 5.75 Å². The molecule has 1 N–H and O–H groups in total. The molecule has 0 unspecified atom stereocenters. The Morgan fingerprint density at radius 1 is 1.33 bits per heavy atom. The molecule has 6 nitrogen and oxygen atoms in total. The normalized spacial score (nSPS) is 11.0. The molecule has 24 heavy (non-hydrogen) atoms. The first kappa shape index (κ1) is 17.5. The number of hydrazone groups is 1. The molecule has 0 spiro atoms. The number of pyridine rings is 1. The fourth-order valence-electron chi connectivity index (χ4n) is 2.12. The summed E-state index contributed by atoms with van der Waals surface area (Å²) in [6.45, 7) is 6.24. The fourth-order valence-corrected chi connectivity index (χ4v) is 2.12. The standard InChI is InChI=1S/C18H21N3O3/c1-4-21-10-6-9-16(18(21)23)17(22)20-19-12-14-7-5-8-15(11-14)24-13(2)3/h5-13H,4H2,1-3H3,(H,20,22)/b19-12-. The Balaban J connectivity index is 2.06. The quantitative estimate of drug-likeness (QED) is 0.654. The molecule has 0 radical (unpaired) electrons. The number of amides is 1. The number of hydrogen-bond acceptors (Lipinski definition) is 4. The van der Waals surface area contributed by atoms with E-state index in [2.05, 4.69) is 10.5 Å². The van der Waals surface area contributed by atoms with E-state index in [4.69, 9.17) is 4.74 Å². The summed E-state index contributed by atoms with van der Waals surface area (Å²) in [4.78, 5) is 24.1. The summed E-state index contributed by atoms with van der Waals surface area (Å²) in [7, 11) is 0. The number of carbonyl (C=O) groups excluding carboxylic acids is 1. The molecule has 0 saturated carbocycles. The second-order valence-electron chi connectivity index (χ2n) is 5.45. The van der Waals surface area contributed by atoms with E-state index < -0.39 is 5.91 Å². The second kappa shape index (κ2) is 8.10. The number of rotatable bonds is 6. The monoisotopic (exact) mass is 327 g/mol. The van der Waals surface area contributed by atoms with E-state index in [1.165, 1.54) is 16.8 Å². The lowest BCUT2D eigenvalue weighted by molar-refractivity contribution is 0.0953. The maximum absolute atomic E-state index is 12.1. The van der Waals surface area contributed by atoms with Gasteiger partial charge in [0.05, 0.1) is 12.3 Å². The minimum absolute atomic E-state index is 0.0633. The highest BCUT2D eigenvalue weighted by Gasteiger charge is 2.10. The molecule has 0 aliphatic carbocycles. The first-order chi connectivity index (χ1) is 11.5. The van der Waals surface area contributed by atoms with Crippen LogP contribution in [0.4, 0.5) is 0 Å². The molecule has 126 valence electrons. The Morgan fingerprint density at radius 3 is 2.83 bits per heavy atom. The highest BCUT2D eigenvalue weighted by atomic mass is 16.5. The summed E-state index contributed by atoms with van der Waals surface area (Å²) in [5, 5.41) is 3.91. The SMILES string of the molecule is CCn1cccc(C(=O)N/N=C\c2cccc(OC(C)C)c2)c1=O. The molecule has 1 heterocycles. The van der Waals surface area contributed by atoms with E-state index in [9.17, 15) is 9.59 Å². The van der Waals surface area contributed by atoms with Gasteiger partial charge in [0.1, 0.15) is 11.3 Å². The van der Waals surface area contributed by atoms with Crippen LogP contribution in [0, 0.1) is 0 Å². The number of carbonyl (C=O) groups is 1. The van der Waals surface area contributed by atoms with E-state index in [-0.39, 0.29) is 17.2 Å². The topological polar surface area (TPSA) is 72.7 Å². The maximum Gasteiger partial charge on any atom is 0.276 e. The highest BCUT2D eigenvalue weighted by molar-refractivity contribution is 5.94. The zero-order valence-corrected chi connectivity index (χ0v) is 14.0. The molecule has 1 amide bonds. The Hall–Kier alpha value is -2.89. The molecule has 0 fully saturated rings. The number of hydrogen-bond donors (Lipinski definition) is 1. The summed E-state index contributed by atoms with van der Waals surface area (Å²) in [5.41, 5.74) is 2.89. The number of nitrogens with zero attached hydrogens (tertiary/aromatic N) is 2. The van der Waals surface area contributed by atoms with Crippen molar-refractivity contribution in [1.29, 1.82) is 0 Å². The van der Waals surface area contributed by atoms with Crippen molar-refractivity contribution in [2.24, 2.45) is 5.10 Å². The van der Waals surface area contributed by atoms with Gasteiger partial charge < -0.3 is 9.30 Å². The lowest BCUT2D eigenvalue weighted by Crippen LogP contribution is -2.30. The van der Waals surface area contributed by atoms with Crippen molar-refractivity contribution >= 4 is 12.1 Å². The van der Waals surface area contributed by atoms with Gasteiger partial charge in [-0.1, -0.05) is 12.1 Å². The van der Waals surface area contributed by atoms with Gasteiger partial charge in [0.25, 0.3) is 11.5 Å². The van der Waals surface area contributed by atoms with Crippen molar-refractivity contribution < 1.29 is 9.53 Å². The molecular formula is C18H21N3O3. The first-order valence-corrected chi connectivity index (χ1v) is 7.81. The molecule has 0 bridgehead atoms. The fraction of sp³-hybridized carbons (Fsp3) is 0.278. The second-order valence-corrected chi connectivity index (χ2v) is 5.45. The van der Waals surface area contributed by atoms with Crippen LogP contribution in [0.3, 0.4) is 0 Å². The van der Waals surface area contributed by atoms with Crippen LogP contribution in [0.1, 0.15) is 36.7 Å². The van der Waals surface area contributed by atoms with Crippen LogP contribution >= 0.6 is 0 Å².